The van der Waals surface area contributed by atoms with E-state index in [1.165, 1.54) is 17.7 Å². The molecular formula is C23H30FNO3. The molecule has 2 aromatic carbocycles. The fourth-order valence-corrected chi connectivity index (χ4v) is 3.14. The smallest absolute Gasteiger partial charge is 0.410 e. The van der Waals surface area contributed by atoms with E-state index >= 15 is 0 Å². The number of ether oxygens (including phenoxy) is 1. The van der Waals surface area contributed by atoms with Crippen molar-refractivity contribution in [3.63, 3.8) is 0 Å². The summed E-state index contributed by atoms with van der Waals surface area (Å²) in [5, 5.41) is 9.83. The molecular weight excluding hydrogens is 357 g/mol. The van der Waals surface area contributed by atoms with E-state index < -0.39 is 5.60 Å². The van der Waals surface area contributed by atoms with Crippen LogP contribution in [0.5, 0.6) is 0 Å². The van der Waals surface area contributed by atoms with Gasteiger partial charge in [0, 0.05) is 19.4 Å². The van der Waals surface area contributed by atoms with Crippen LogP contribution in [0.3, 0.4) is 0 Å². The second-order valence-corrected chi connectivity index (χ2v) is 7.89. The van der Waals surface area contributed by atoms with Crippen LogP contribution in [0.2, 0.25) is 0 Å². The van der Waals surface area contributed by atoms with Gasteiger partial charge >= 0.3 is 6.09 Å². The van der Waals surface area contributed by atoms with E-state index in [-0.39, 0.29) is 24.1 Å². The average molecular weight is 387 g/mol. The molecule has 0 saturated carbocycles. The second-order valence-electron chi connectivity index (χ2n) is 7.89. The van der Waals surface area contributed by atoms with Crippen LogP contribution in [0.1, 0.15) is 50.8 Å². The number of amides is 1. The Morgan fingerprint density at radius 2 is 1.79 bits per heavy atom. The number of cyclic esters (lactones) is 1. The molecule has 0 radical (unpaired) electrons. The van der Waals surface area contributed by atoms with Crippen LogP contribution in [0.15, 0.2) is 54.6 Å². The summed E-state index contributed by atoms with van der Waals surface area (Å²) in [7, 11) is 0. The minimum atomic E-state index is -0.810. The molecule has 4 nitrogen and oxygen atoms in total. The molecule has 2 unspecified atom stereocenters. The number of hydrogen-bond donors (Lipinski definition) is 1. The van der Waals surface area contributed by atoms with Gasteiger partial charge in [0.25, 0.3) is 0 Å². The number of carbonyl (C=O) groups excluding carboxylic acids is 1. The number of hydrogen-bond acceptors (Lipinski definition) is 3. The molecule has 1 N–H and O–H groups in total. The Hall–Kier alpha value is -2.40. The Kier molecular flexibility index (Phi) is 7.58. The van der Waals surface area contributed by atoms with Crippen LogP contribution < -0.4 is 0 Å². The Morgan fingerprint density at radius 3 is 2.25 bits per heavy atom. The van der Waals surface area contributed by atoms with E-state index in [1.54, 1.807) is 36.9 Å². The lowest BCUT2D eigenvalue weighted by Gasteiger charge is -2.37. The van der Waals surface area contributed by atoms with Crippen molar-refractivity contribution in [2.45, 2.75) is 58.3 Å². The van der Waals surface area contributed by atoms with E-state index in [9.17, 15) is 14.3 Å². The first-order valence-electron chi connectivity index (χ1n) is 9.62. The topological polar surface area (TPSA) is 49.8 Å². The van der Waals surface area contributed by atoms with Gasteiger partial charge in [-0.15, -0.1) is 0 Å². The van der Waals surface area contributed by atoms with Crippen molar-refractivity contribution in [2.75, 3.05) is 6.54 Å². The van der Waals surface area contributed by atoms with Gasteiger partial charge in [-0.25, -0.2) is 9.18 Å². The molecule has 1 amide bonds. The molecule has 1 fully saturated rings. The van der Waals surface area contributed by atoms with Gasteiger partial charge in [0.15, 0.2) is 0 Å². The number of carbonyl (C=O) groups is 1. The molecule has 2 aromatic rings. The second kappa shape index (κ2) is 9.69. The lowest BCUT2D eigenvalue weighted by atomic mass is 9.97. The number of halogens is 1. The largest absolute Gasteiger partial charge is 0.446 e. The molecule has 28 heavy (non-hydrogen) atoms. The number of aryl methyl sites for hydroxylation is 1. The molecule has 1 heterocycles. The van der Waals surface area contributed by atoms with Crippen LogP contribution in [-0.4, -0.2) is 34.3 Å². The van der Waals surface area contributed by atoms with Gasteiger partial charge in [0.1, 0.15) is 11.9 Å². The van der Waals surface area contributed by atoms with E-state index in [4.69, 9.17) is 4.74 Å². The lowest BCUT2D eigenvalue weighted by molar-refractivity contribution is -0.0309. The molecule has 0 bridgehead atoms. The third kappa shape index (κ3) is 6.97. The van der Waals surface area contributed by atoms with E-state index in [1.807, 2.05) is 13.8 Å². The predicted octanol–water partition coefficient (Wildman–Crippen LogP) is 5.25. The first-order chi connectivity index (χ1) is 13.2. The molecule has 2 atom stereocenters. The first-order valence-corrected chi connectivity index (χ1v) is 9.62. The first kappa shape index (κ1) is 21.9. The number of aliphatic hydroxyl groups is 1. The van der Waals surface area contributed by atoms with E-state index in [0.717, 1.165) is 12.0 Å². The maximum absolute atomic E-state index is 12.2. The maximum atomic E-state index is 12.2. The fraction of sp³-hybridized carbons (Fsp3) is 0.435. The summed E-state index contributed by atoms with van der Waals surface area (Å²) in [4.78, 5) is 13.9. The summed E-state index contributed by atoms with van der Waals surface area (Å²) >= 11 is 0. The van der Waals surface area contributed by atoms with Crippen molar-refractivity contribution in [1.29, 1.82) is 0 Å². The van der Waals surface area contributed by atoms with Crippen molar-refractivity contribution in [3.8, 4) is 0 Å². The molecule has 5 heteroatoms. The number of nitrogens with zero attached hydrogens (tertiary/aromatic N) is 1. The fourth-order valence-electron chi connectivity index (χ4n) is 3.14. The number of benzene rings is 2. The van der Waals surface area contributed by atoms with Gasteiger partial charge in [0.2, 0.25) is 0 Å². The molecule has 0 aliphatic carbocycles. The van der Waals surface area contributed by atoms with Crippen LogP contribution in [0, 0.1) is 12.7 Å². The third-order valence-corrected chi connectivity index (χ3v) is 4.68. The SMILES string of the molecule is Cc1ccc(C(C)N2CCC(CC(C)(C)O)OC2=O)cc1.Fc1ccccc1. The van der Waals surface area contributed by atoms with E-state index in [2.05, 4.69) is 24.3 Å². The summed E-state index contributed by atoms with van der Waals surface area (Å²) in [6.07, 6.45) is 0.750. The molecule has 1 aliphatic rings. The summed E-state index contributed by atoms with van der Waals surface area (Å²) < 4.78 is 17.4. The minimum absolute atomic E-state index is 0.00110. The van der Waals surface area contributed by atoms with Gasteiger partial charge < -0.3 is 14.7 Å². The molecule has 0 aromatic heterocycles. The molecule has 152 valence electrons. The standard InChI is InChI=1S/C17H25NO3.C6H5F/c1-12-5-7-14(8-6-12)13(2)18-10-9-15(21-16(18)19)11-17(3,4)20;7-6-4-2-1-3-5-6/h5-8,13,15,20H,9-11H2,1-4H3;1-5H. The van der Waals surface area contributed by atoms with E-state index in [0.29, 0.717) is 13.0 Å². The molecule has 0 spiro atoms. The number of rotatable bonds is 4. The van der Waals surface area contributed by atoms with Crippen LogP contribution in [0.4, 0.5) is 9.18 Å². The van der Waals surface area contributed by atoms with Gasteiger partial charge in [-0.3, -0.25) is 0 Å². The summed E-state index contributed by atoms with van der Waals surface area (Å²) in [5.41, 5.74) is 1.51. The Balaban J connectivity index is 0.000000336. The zero-order valence-corrected chi connectivity index (χ0v) is 17.1. The zero-order chi connectivity index (χ0) is 20.7. The normalized spacial score (nSPS) is 18.0. The Morgan fingerprint density at radius 1 is 1.18 bits per heavy atom. The zero-order valence-electron chi connectivity index (χ0n) is 17.1. The van der Waals surface area contributed by atoms with Crippen LogP contribution >= 0.6 is 0 Å². The highest BCUT2D eigenvalue weighted by molar-refractivity contribution is 5.69. The summed E-state index contributed by atoms with van der Waals surface area (Å²) in [6, 6.07) is 16.2. The Labute approximate surface area is 166 Å². The van der Waals surface area contributed by atoms with Crippen LogP contribution in [-0.2, 0) is 4.74 Å². The van der Waals surface area contributed by atoms with Gasteiger partial charge in [-0.2, -0.15) is 0 Å². The minimum Gasteiger partial charge on any atom is -0.446 e. The van der Waals surface area contributed by atoms with Gasteiger partial charge in [-0.05, 0) is 45.4 Å². The monoisotopic (exact) mass is 387 g/mol. The van der Waals surface area contributed by atoms with Crippen molar-refractivity contribution in [3.05, 3.63) is 71.5 Å². The van der Waals surface area contributed by atoms with Gasteiger partial charge in [-0.1, -0.05) is 48.0 Å². The third-order valence-electron chi connectivity index (χ3n) is 4.68. The van der Waals surface area contributed by atoms with Crippen molar-refractivity contribution in [2.24, 2.45) is 0 Å². The van der Waals surface area contributed by atoms with Gasteiger partial charge in [0.05, 0.1) is 11.6 Å². The van der Waals surface area contributed by atoms with Crippen molar-refractivity contribution in [1.82, 2.24) is 4.90 Å². The highest BCUT2D eigenvalue weighted by Crippen LogP contribution is 2.28. The highest BCUT2D eigenvalue weighted by atomic mass is 19.1. The quantitative estimate of drug-likeness (QED) is 0.779. The summed E-state index contributed by atoms with van der Waals surface area (Å²) in [6.45, 7) is 8.20. The average Bonchev–Trinajstić information content (AvgIpc) is 2.62. The molecule has 3 rings (SSSR count). The Bertz CT molecular complexity index is 741. The van der Waals surface area contributed by atoms with Crippen molar-refractivity contribution < 1.29 is 19.0 Å². The maximum Gasteiger partial charge on any atom is 0.410 e. The van der Waals surface area contributed by atoms with Crippen molar-refractivity contribution >= 4 is 6.09 Å². The van der Waals surface area contributed by atoms with Crippen LogP contribution in [0.25, 0.3) is 0 Å². The molecule has 1 saturated heterocycles. The lowest BCUT2D eigenvalue weighted by Crippen LogP contribution is -2.45. The molecule has 1 aliphatic heterocycles. The highest BCUT2D eigenvalue weighted by Gasteiger charge is 2.33. The summed E-state index contributed by atoms with van der Waals surface area (Å²) in [5.74, 6) is -0.178. The predicted molar refractivity (Wildman–Crippen MR) is 109 cm³/mol.